The summed E-state index contributed by atoms with van der Waals surface area (Å²) in [6.07, 6.45) is 0.516. The van der Waals surface area contributed by atoms with Gasteiger partial charge in [-0.25, -0.2) is 4.39 Å². The quantitative estimate of drug-likeness (QED) is 0.835. The molecule has 0 atom stereocenters. The van der Waals surface area contributed by atoms with Gasteiger partial charge in [-0.05, 0) is 25.0 Å². The van der Waals surface area contributed by atoms with E-state index >= 15 is 0 Å². The minimum atomic E-state index is -0.223. The Morgan fingerprint density at radius 2 is 2.05 bits per heavy atom. The summed E-state index contributed by atoms with van der Waals surface area (Å²) >= 11 is 0. The van der Waals surface area contributed by atoms with E-state index in [0.29, 0.717) is 31.1 Å². The standard InChI is InChI=1S/C13H16FN5O/c1-2-20-13-18-11(15)17-12(19-13)16-8-7-9-5-3-4-6-10(9)14/h3-6H,2,7-8H2,1H3,(H3,15,16,17,18,19). The van der Waals surface area contributed by atoms with Crippen LogP contribution in [0, 0.1) is 5.82 Å². The highest BCUT2D eigenvalue weighted by Gasteiger charge is 2.05. The van der Waals surface area contributed by atoms with Crippen LogP contribution < -0.4 is 15.8 Å². The number of nitrogens with two attached hydrogens (primary N) is 1. The molecule has 0 spiro atoms. The van der Waals surface area contributed by atoms with Crippen molar-refractivity contribution in [1.29, 1.82) is 0 Å². The molecule has 1 aromatic carbocycles. The summed E-state index contributed by atoms with van der Waals surface area (Å²) in [5, 5.41) is 2.97. The number of nitrogens with one attached hydrogen (secondary N) is 1. The molecule has 0 amide bonds. The van der Waals surface area contributed by atoms with Gasteiger partial charge in [-0.3, -0.25) is 0 Å². The third-order valence-corrected chi connectivity index (χ3v) is 2.54. The van der Waals surface area contributed by atoms with Crippen molar-refractivity contribution in [2.24, 2.45) is 0 Å². The van der Waals surface area contributed by atoms with Gasteiger partial charge in [0.05, 0.1) is 6.61 Å². The van der Waals surface area contributed by atoms with Crippen molar-refractivity contribution >= 4 is 11.9 Å². The first-order valence-corrected chi connectivity index (χ1v) is 6.30. The molecule has 1 heterocycles. The molecule has 2 aromatic rings. The van der Waals surface area contributed by atoms with Gasteiger partial charge in [0.1, 0.15) is 5.82 Å². The molecule has 0 unspecified atom stereocenters. The smallest absolute Gasteiger partial charge is 0.323 e. The molecule has 1 aromatic heterocycles. The van der Waals surface area contributed by atoms with Gasteiger partial charge in [-0.2, -0.15) is 15.0 Å². The zero-order chi connectivity index (χ0) is 14.4. The lowest BCUT2D eigenvalue weighted by molar-refractivity contribution is 0.312. The molecule has 0 saturated carbocycles. The third kappa shape index (κ3) is 3.78. The van der Waals surface area contributed by atoms with E-state index in [1.165, 1.54) is 6.07 Å². The van der Waals surface area contributed by atoms with Crippen LogP contribution in [0.25, 0.3) is 0 Å². The number of nitrogens with zero attached hydrogens (tertiary/aromatic N) is 3. The fraction of sp³-hybridized carbons (Fsp3) is 0.308. The topological polar surface area (TPSA) is 86.0 Å². The van der Waals surface area contributed by atoms with E-state index in [-0.39, 0.29) is 17.8 Å². The van der Waals surface area contributed by atoms with E-state index in [1.807, 2.05) is 6.92 Å². The van der Waals surface area contributed by atoms with Crippen molar-refractivity contribution in [3.05, 3.63) is 35.6 Å². The molecule has 0 fully saturated rings. The number of hydrogen-bond donors (Lipinski definition) is 2. The molecule has 0 radical (unpaired) electrons. The van der Waals surface area contributed by atoms with Crippen LogP contribution in [0.5, 0.6) is 6.01 Å². The molecule has 7 heteroatoms. The van der Waals surface area contributed by atoms with E-state index in [9.17, 15) is 4.39 Å². The Kier molecular flexibility index (Phi) is 4.65. The highest BCUT2D eigenvalue weighted by molar-refractivity contribution is 5.33. The van der Waals surface area contributed by atoms with Crippen molar-refractivity contribution in [2.45, 2.75) is 13.3 Å². The van der Waals surface area contributed by atoms with Crippen molar-refractivity contribution < 1.29 is 9.13 Å². The SMILES string of the molecule is CCOc1nc(N)nc(NCCc2ccccc2F)n1. The number of hydrogen-bond acceptors (Lipinski definition) is 6. The van der Waals surface area contributed by atoms with Crippen LogP contribution in [0.3, 0.4) is 0 Å². The molecular formula is C13H16FN5O. The van der Waals surface area contributed by atoms with E-state index in [2.05, 4.69) is 20.3 Å². The summed E-state index contributed by atoms with van der Waals surface area (Å²) in [4.78, 5) is 11.8. The summed E-state index contributed by atoms with van der Waals surface area (Å²) in [5.41, 5.74) is 6.19. The maximum Gasteiger partial charge on any atom is 0.323 e. The number of anilines is 2. The Morgan fingerprint density at radius 3 is 2.80 bits per heavy atom. The second-order valence-electron chi connectivity index (χ2n) is 4.00. The maximum absolute atomic E-state index is 13.4. The Bertz CT molecular complexity index is 578. The van der Waals surface area contributed by atoms with E-state index in [4.69, 9.17) is 10.5 Å². The second-order valence-corrected chi connectivity index (χ2v) is 4.00. The van der Waals surface area contributed by atoms with Crippen LogP contribution in [-0.2, 0) is 6.42 Å². The van der Waals surface area contributed by atoms with Gasteiger partial charge in [0.15, 0.2) is 0 Å². The summed E-state index contributed by atoms with van der Waals surface area (Å²) < 4.78 is 18.6. The number of halogens is 1. The summed E-state index contributed by atoms with van der Waals surface area (Å²) in [6, 6.07) is 6.81. The van der Waals surface area contributed by atoms with Crippen molar-refractivity contribution in [3.8, 4) is 6.01 Å². The molecular weight excluding hydrogens is 261 g/mol. The summed E-state index contributed by atoms with van der Waals surface area (Å²) in [6.45, 7) is 2.75. The molecule has 20 heavy (non-hydrogen) atoms. The molecule has 0 bridgehead atoms. The van der Waals surface area contributed by atoms with Crippen molar-refractivity contribution in [2.75, 3.05) is 24.2 Å². The Labute approximate surface area is 116 Å². The van der Waals surface area contributed by atoms with Gasteiger partial charge >= 0.3 is 6.01 Å². The van der Waals surface area contributed by atoms with E-state index in [0.717, 1.165) is 0 Å². The van der Waals surface area contributed by atoms with Gasteiger partial charge in [0, 0.05) is 6.54 Å². The molecule has 3 N–H and O–H groups in total. The van der Waals surface area contributed by atoms with Gasteiger partial charge in [0.2, 0.25) is 11.9 Å². The lowest BCUT2D eigenvalue weighted by Gasteiger charge is -2.07. The fourth-order valence-corrected chi connectivity index (χ4v) is 1.65. The average molecular weight is 277 g/mol. The molecule has 6 nitrogen and oxygen atoms in total. The summed E-state index contributed by atoms with van der Waals surface area (Å²) in [5.74, 6) is 0.175. The van der Waals surface area contributed by atoms with Crippen LogP contribution in [0.2, 0.25) is 0 Å². The predicted molar refractivity (Wildman–Crippen MR) is 74.0 cm³/mol. The number of ether oxygens (including phenoxy) is 1. The highest BCUT2D eigenvalue weighted by Crippen LogP contribution is 2.10. The predicted octanol–water partition coefficient (Wildman–Crippen LogP) is 1.65. The molecule has 0 aliphatic heterocycles. The van der Waals surface area contributed by atoms with Gasteiger partial charge in [-0.15, -0.1) is 0 Å². The van der Waals surface area contributed by atoms with Gasteiger partial charge in [0.25, 0.3) is 0 Å². The normalized spacial score (nSPS) is 10.3. The first kappa shape index (κ1) is 14.0. The largest absolute Gasteiger partial charge is 0.464 e. The zero-order valence-corrected chi connectivity index (χ0v) is 11.1. The fourth-order valence-electron chi connectivity index (χ4n) is 1.65. The van der Waals surface area contributed by atoms with Crippen molar-refractivity contribution in [1.82, 2.24) is 15.0 Å². The van der Waals surface area contributed by atoms with Crippen LogP contribution in [0.1, 0.15) is 12.5 Å². The molecule has 0 aliphatic rings. The highest BCUT2D eigenvalue weighted by atomic mass is 19.1. The zero-order valence-electron chi connectivity index (χ0n) is 11.1. The summed E-state index contributed by atoms with van der Waals surface area (Å²) in [7, 11) is 0. The Hall–Kier alpha value is -2.44. The monoisotopic (exact) mass is 277 g/mol. The number of rotatable bonds is 6. The van der Waals surface area contributed by atoms with Gasteiger partial charge in [-0.1, -0.05) is 18.2 Å². The minimum Gasteiger partial charge on any atom is -0.464 e. The van der Waals surface area contributed by atoms with Gasteiger partial charge < -0.3 is 15.8 Å². The maximum atomic E-state index is 13.4. The second kappa shape index (κ2) is 6.65. The van der Waals surface area contributed by atoms with Crippen LogP contribution in [-0.4, -0.2) is 28.1 Å². The molecule has 0 saturated heterocycles. The van der Waals surface area contributed by atoms with Crippen molar-refractivity contribution in [3.63, 3.8) is 0 Å². The number of nitrogen functional groups attached to an aromatic ring is 1. The lowest BCUT2D eigenvalue weighted by Crippen LogP contribution is -2.12. The third-order valence-electron chi connectivity index (χ3n) is 2.54. The van der Waals surface area contributed by atoms with Crippen LogP contribution >= 0.6 is 0 Å². The Morgan fingerprint density at radius 1 is 1.25 bits per heavy atom. The number of aromatic nitrogens is 3. The molecule has 2 rings (SSSR count). The van der Waals surface area contributed by atoms with E-state index in [1.54, 1.807) is 18.2 Å². The number of benzene rings is 1. The first-order chi connectivity index (χ1) is 9.69. The molecule has 0 aliphatic carbocycles. The lowest BCUT2D eigenvalue weighted by atomic mass is 10.1. The van der Waals surface area contributed by atoms with Crippen LogP contribution in [0.15, 0.2) is 24.3 Å². The Balaban J connectivity index is 1.95. The molecule has 106 valence electrons. The average Bonchev–Trinajstić information content (AvgIpc) is 2.41. The minimum absolute atomic E-state index is 0.0804. The van der Waals surface area contributed by atoms with Crippen LogP contribution in [0.4, 0.5) is 16.3 Å². The first-order valence-electron chi connectivity index (χ1n) is 6.30. The van der Waals surface area contributed by atoms with E-state index < -0.39 is 0 Å².